The topological polar surface area (TPSA) is 156 Å². The Morgan fingerprint density at radius 3 is 2.45 bits per heavy atom. The van der Waals surface area contributed by atoms with Crippen LogP contribution >= 0.6 is 11.3 Å². The van der Waals surface area contributed by atoms with E-state index in [1.165, 1.54) is 18.3 Å². The van der Waals surface area contributed by atoms with Crippen LogP contribution in [0.25, 0.3) is 0 Å². The lowest BCUT2D eigenvalue weighted by molar-refractivity contribution is -0.147. The van der Waals surface area contributed by atoms with Crippen LogP contribution in [0.1, 0.15) is 126 Å². The third kappa shape index (κ3) is 12.7. The molecule has 0 bridgehead atoms. The molecule has 3 amide bonds. The van der Waals surface area contributed by atoms with Crippen molar-refractivity contribution in [3.63, 3.8) is 0 Å². The molecular formula is C38H57N5O7S. The van der Waals surface area contributed by atoms with Crippen molar-refractivity contribution in [2.75, 3.05) is 18.9 Å². The third-order valence-electron chi connectivity index (χ3n) is 9.40. The first kappa shape index (κ1) is 41.6. The molecule has 3 N–H and O–H groups in total. The van der Waals surface area contributed by atoms with Gasteiger partial charge in [-0.25, -0.2) is 4.98 Å². The minimum Gasteiger partial charge on any atom is -0.455 e. The summed E-state index contributed by atoms with van der Waals surface area (Å²) in [5, 5.41) is 10.9. The molecule has 3 rings (SSSR count). The number of thiazole rings is 1. The molecule has 1 aliphatic heterocycles. The Morgan fingerprint density at radius 2 is 1.80 bits per heavy atom. The van der Waals surface area contributed by atoms with Gasteiger partial charge in [-0.2, -0.15) is 0 Å². The van der Waals surface area contributed by atoms with Gasteiger partial charge in [-0.05, 0) is 69.3 Å². The zero-order valence-corrected chi connectivity index (χ0v) is 32.3. The van der Waals surface area contributed by atoms with Crippen LogP contribution in [0.5, 0.6) is 5.75 Å². The molecular weight excluding hydrogens is 671 g/mol. The van der Waals surface area contributed by atoms with Crippen molar-refractivity contribution in [1.29, 1.82) is 0 Å². The van der Waals surface area contributed by atoms with Crippen molar-refractivity contribution in [2.24, 2.45) is 11.8 Å². The van der Waals surface area contributed by atoms with Crippen LogP contribution in [-0.4, -0.2) is 71.3 Å². The molecule has 12 nitrogen and oxygen atoms in total. The van der Waals surface area contributed by atoms with Crippen LogP contribution in [0.4, 0.5) is 5.69 Å². The number of aromatic nitrogens is 1. The van der Waals surface area contributed by atoms with Gasteiger partial charge in [-0.3, -0.25) is 28.9 Å². The second kappa shape index (κ2) is 20.3. The summed E-state index contributed by atoms with van der Waals surface area (Å²) in [6, 6.07) is 3.73. The molecule has 1 aliphatic rings. The number of hydrogen-bond donors (Lipinski definition) is 3. The summed E-state index contributed by atoms with van der Waals surface area (Å²) in [7, 11) is 1.94. The van der Waals surface area contributed by atoms with Gasteiger partial charge in [-0.15, -0.1) is 11.3 Å². The van der Waals surface area contributed by atoms with Crippen LogP contribution in [0.2, 0.25) is 0 Å². The van der Waals surface area contributed by atoms with Gasteiger partial charge < -0.3 is 25.4 Å². The number of likely N-dealkylation sites (tertiary alicyclic amines) is 1. The number of benzene rings is 1. The predicted molar refractivity (Wildman–Crippen MR) is 199 cm³/mol. The van der Waals surface area contributed by atoms with E-state index in [0.717, 1.165) is 50.6 Å². The van der Waals surface area contributed by atoms with Gasteiger partial charge in [-0.1, -0.05) is 66.4 Å². The Bertz CT molecular complexity index is 1490. The van der Waals surface area contributed by atoms with Gasteiger partial charge >= 0.3 is 11.9 Å². The Kier molecular flexibility index (Phi) is 16.5. The van der Waals surface area contributed by atoms with E-state index in [1.54, 1.807) is 23.6 Å². The number of carbonyl (C=O) groups excluding carboxylic acids is 5. The van der Waals surface area contributed by atoms with Crippen molar-refractivity contribution >= 4 is 46.7 Å². The van der Waals surface area contributed by atoms with Gasteiger partial charge in [0.15, 0.2) is 11.9 Å². The fourth-order valence-corrected chi connectivity index (χ4v) is 6.85. The van der Waals surface area contributed by atoms with Crippen LogP contribution < -0.4 is 20.7 Å². The van der Waals surface area contributed by atoms with Crippen LogP contribution in [0, 0.1) is 18.8 Å². The summed E-state index contributed by atoms with van der Waals surface area (Å²) in [6.45, 7) is 13.9. The van der Waals surface area contributed by atoms with E-state index in [2.05, 4.69) is 27.9 Å². The molecule has 1 saturated heterocycles. The zero-order valence-electron chi connectivity index (χ0n) is 31.5. The highest BCUT2D eigenvalue weighted by Crippen LogP contribution is 2.31. The highest BCUT2D eigenvalue weighted by Gasteiger charge is 2.34. The first-order valence-corrected chi connectivity index (χ1v) is 19.2. The van der Waals surface area contributed by atoms with E-state index >= 15 is 0 Å². The number of amides is 3. The summed E-state index contributed by atoms with van der Waals surface area (Å²) >= 11 is 1.17. The van der Waals surface area contributed by atoms with Crippen molar-refractivity contribution in [3.05, 3.63) is 39.8 Å². The number of carbonyl (C=O) groups is 5. The summed E-state index contributed by atoms with van der Waals surface area (Å²) < 4.78 is 11.3. The third-order valence-corrected chi connectivity index (χ3v) is 10.3. The smallest absolute Gasteiger partial charge is 0.311 e. The van der Waals surface area contributed by atoms with Crippen molar-refractivity contribution in [1.82, 2.24) is 20.5 Å². The number of rotatable bonds is 18. The Balaban J connectivity index is 1.76. The van der Waals surface area contributed by atoms with E-state index in [-0.39, 0.29) is 59.9 Å². The number of likely N-dealkylation sites (N-methyl/N-ethyl adjacent to an activating group) is 1. The number of aryl methyl sites for hydroxylation is 1. The zero-order chi connectivity index (χ0) is 37.7. The van der Waals surface area contributed by atoms with Gasteiger partial charge in [0.05, 0.1) is 11.7 Å². The molecule has 2 heterocycles. The summed E-state index contributed by atoms with van der Waals surface area (Å²) in [5.74, 6) is -1.78. The molecule has 5 atom stereocenters. The van der Waals surface area contributed by atoms with Crippen LogP contribution in [0.3, 0.4) is 0 Å². The molecule has 0 spiro atoms. The van der Waals surface area contributed by atoms with E-state index in [9.17, 15) is 24.0 Å². The van der Waals surface area contributed by atoms with Gasteiger partial charge in [0.2, 0.25) is 11.8 Å². The number of piperidine rings is 1. The molecule has 0 radical (unpaired) electrons. The van der Waals surface area contributed by atoms with Crippen molar-refractivity contribution < 1.29 is 33.4 Å². The summed E-state index contributed by atoms with van der Waals surface area (Å²) in [6.07, 6.45) is 5.74. The molecule has 1 aromatic heterocycles. The number of hydrogen-bond acceptors (Lipinski definition) is 10. The lowest BCUT2D eigenvalue weighted by Gasteiger charge is -2.34. The highest BCUT2D eigenvalue weighted by atomic mass is 32.1. The predicted octanol–water partition coefficient (Wildman–Crippen LogP) is 6.34. The van der Waals surface area contributed by atoms with Crippen molar-refractivity contribution in [3.8, 4) is 5.75 Å². The van der Waals surface area contributed by atoms with E-state index in [4.69, 9.17) is 9.47 Å². The highest BCUT2D eigenvalue weighted by molar-refractivity contribution is 7.09. The molecule has 2 aromatic rings. The maximum Gasteiger partial charge on any atom is 0.311 e. The van der Waals surface area contributed by atoms with Crippen molar-refractivity contribution in [2.45, 2.75) is 130 Å². The van der Waals surface area contributed by atoms with E-state index in [0.29, 0.717) is 17.1 Å². The molecule has 1 fully saturated rings. The fraction of sp³-hybridized carbons (Fsp3) is 0.632. The molecule has 13 heteroatoms. The molecule has 1 aromatic carbocycles. The lowest BCUT2D eigenvalue weighted by atomic mass is 9.94. The number of esters is 2. The quantitative estimate of drug-likeness (QED) is 0.0906. The van der Waals surface area contributed by atoms with E-state index in [1.807, 2.05) is 46.6 Å². The minimum absolute atomic E-state index is 0.0584. The first-order chi connectivity index (χ1) is 24.2. The van der Waals surface area contributed by atoms with Gasteiger partial charge in [0, 0.05) is 31.2 Å². The second-order valence-electron chi connectivity index (χ2n) is 14.0. The molecule has 0 unspecified atom stereocenters. The number of unbranched alkanes of at least 4 members (excludes halogenated alkanes) is 2. The van der Waals surface area contributed by atoms with E-state index < -0.39 is 30.1 Å². The Labute approximate surface area is 306 Å². The molecule has 282 valence electrons. The molecule has 0 aliphatic carbocycles. The monoisotopic (exact) mass is 727 g/mol. The largest absolute Gasteiger partial charge is 0.455 e. The maximum absolute atomic E-state index is 13.8. The summed E-state index contributed by atoms with van der Waals surface area (Å²) in [5.41, 5.74) is 1.31. The number of ether oxygens (including phenoxy) is 2. The molecule has 0 saturated carbocycles. The maximum atomic E-state index is 13.8. The average Bonchev–Trinajstić information content (AvgIpc) is 3.58. The van der Waals surface area contributed by atoms with Crippen LogP contribution in [0.15, 0.2) is 23.6 Å². The normalized spacial score (nSPS) is 17.2. The van der Waals surface area contributed by atoms with Crippen LogP contribution in [-0.2, 0) is 23.9 Å². The minimum atomic E-state index is -0.840. The molecule has 51 heavy (non-hydrogen) atoms. The number of anilines is 1. The SMILES string of the molecule is CCCCCC(=O)Oc1ccc(C)cc1NC(=O)c1csc([C@@H](C[C@@H](NC(=O)[C@@H](NC(=O)[C@H]2CCCCN2C)[C@@H](C)CC)C(C)C)OC(C)=O)n1. The van der Waals surface area contributed by atoms with Gasteiger partial charge in [0.1, 0.15) is 16.7 Å². The fourth-order valence-electron chi connectivity index (χ4n) is 6.01. The second-order valence-corrected chi connectivity index (χ2v) is 14.9. The first-order valence-electron chi connectivity index (χ1n) is 18.3. The Hall–Kier alpha value is -3.84. The standard InChI is InChI=1S/C38H57N5O7S/c1-9-11-12-16-33(45)50-31-18-17-24(5)20-28(31)40-35(46)29-22-51-38(41-29)32(49-26(7)44)21-27(23(3)4)39-37(48)34(25(6)10-2)42-36(47)30-15-13-14-19-43(30)8/h17-18,20,22-23,25,27,30,32,34H,9-16,19,21H2,1-8H3,(H,39,48)(H,40,46)(H,42,47)/t25-,27+,30+,32+,34-/m0/s1. The Morgan fingerprint density at radius 1 is 1.06 bits per heavy atom. The lowest BCUT2D eigenvalue weighted by Crippen LogP contribution is -2.57. The number of nitrogens with one attached hydrogen (secondary N) is 3. The van der Waals surface area contributed by atoms with Gasteiger partial charge in [0.25, 0.3) is 5.91 Å². The number of nitrogens with zero attached hydrogens (tertiary/aromatic N) is 2. The summed E-state index contributed by atoms with van der Waals surface area (Å²) in [4.78, 5) is 71.7. The average molecular weight is 728 g/mol.